The monoisotopic (exact) mass is 504 g/mol. The number of carboxylic acid groups (broad SMARTS) is 1. The first-order chi connectivity index (χ1) is 16.6. The Morgan fingerprint density at radius 3 is 2.47 bits per heavy atom. The van der Waals surface area contributed by atoms with E-state index in [1.165, 1.54) is 0 Å². The molecule has 4 aliphatic carbocycles. The predicted molar refractivity (Wildman–Crippen MR) is 130 cm³/mol. The number of ketones is 2. The van der Waals surface area contributed by atoms with Crippen molar-refractivity contribution in [3.63, 3.8) is 0 Å². The van der Waals surface area contributed by atoms with Gasteiger partial charge in [0.05, 0.1) is 18.9 Å². The highest BCUT2D eigenvalue weighted by Crippen LogP contribution is 2.67. The van der Waals surface area contributed by atoms with E-state index in [2.05, 4.69) is 6.92 Å². The van der Waals surface area contributed by atoms with Crippen molar-refractivity contribution in [1.29, 1.82) is 0 Å². The van der Waals surface area contributed by atoms with E-state index >= 15 is 0 Å². The number of carboxylic acids is 1. The molecule has 200 valence electrons. The first kappa shape index (κ1) is 27.0. The summed E-state index contributed by atoms with van der Waals surface area (Å²) in [7, 11) is 0. The summed E-state index contributed by atoms with van der Waals surface area (Å²) in [6.45, 7) is 6.77. The summed E-state index contributed by atoms with van der Waals surface area (Å²) in [4.78, 5) is 48.7. The van der Waals surface area contributed by atoms with Crippen molar-refractivity contribution in [3.8, 4) is 0 Å². The molecule has 8 nitrogen and oxygen atoms in total. The molecule has 0 radical (unpaired) electrons. The van der Waals surface area contributed by atoms with E-state index in [1.807, 2.05) is 6.92 Å². The zero-order valence-corrected chi connectivity index (χ0v) is 21.8. The fourth-order valence-electron chi connectivity index (χ4n) is 8.33. The van der Waals surface area contributed by atoms with Crippen LogP contribution in [0, 0.1) is 34.0 Å². The van der Waals surface area contributed by atoms with Gasteiger partial charge in [-0.3, -0.25) is 19.2 Å². The highest BCUT2D eigenvalue weighted by molar-refractivity contribution is 5.92. The van der Waals surface area contributed by atoms with Crippen LogP contribution in [0.15, 0.2) is 11.6 Å². The highest BCUT2D eigenvalue weighted by Gasteiger charge is 2.68. The van der Waals surface area contributed by atoms with Crippen molar-refractivity contribution in [3.05, 3.63) is 11.6 Å². The maximum absolute atomic E-state index is 13.3. The number of aliphatic carboxylic acids is 1. The van der Waals surface area contributed by atoms with Gasteiger partial charge < -0.3 is 20.1 Å². The Bertz CT molecular complexity index is 998. The lowest BCUT2D eigenvalue weighted by Gasteiger charge is -2.60. The molecule has 4 aliphatic rings. The van der Waals surface area contributed by atoms with Crippen LogP contribution in [0.4, 0.5) is 0 Å². The normalized spacial score (nSPS) is 39.9. The first-order valence-electron chi connectivity index (χ1n) is 13.2. The van der Waals surface area contributed by atoms with Crippen LogP contribution >= 0.6 is 0 Å². The van der Waals surface area contributed by atoms with Gasteiger partial charge in [0.1, 0.15) is 5.60 Å². The van der Waals surface area contributed by atoms with E-state index < -0.39 is 46.9 Å². The second kappa shape index (κ2) is 9.05. The van der Waals surface area contributed by atoms with Crippen LogP contribution in [0.3, 0.4) is 0 Å². The quantitative estimate of drug-likeness (QED) is 0.449. The molecule has 0 heterocycles. The molecule has 0 amide bonds. The molecular weight excluding hydrogens is 464 g/mol. The van der Waals surface area contributed by atoms with Crippen molar-refractivity contribution in [2.75, 3.05) is 6.61 Å². The number of esters is 1. The summed E-state index contributed by atoms with van der Waals surface area (Å²) in [5.74, 6) is -1.94. The SMILES string of the molecule is CC(C)(CC(=O)O)CC(=O)OCC(=O)[C@@]1(O)CC[C@H]2[C@@H]3CCC4=CC(=O)CC[C@]4(C)[C@H]3[C@@H](O)C[C@@]21C. The van der Waals surface area contributed by atoms with E-state index in [4.69, 9.17) is 9.84 Å². The van der Waals surface area contributed by atoms with Crippen LogP contribution < -0.4 is 0 Å². The maximum Gasteiger partial charge on any atom is 0.306 e. The van der Waals surface area contributed by atoms with Gasteiger partial charge >= 0.3 is 11.9 Å². The van der Waals surface area contributed by atoms with E-state index in [9.17, 15) is 29.4 Å². The number of fused-ring (bicyclic) bond motifs is 5. The van der Waals surface area contributed by atoms with Crippen LogP contribution in [0.5, 0.6) is 0 Å². The number of hydrogen-bond acceptors (Lipinski definition) is 7. The summed E-state index contributed by atoms with van der Waals surface area (Å²) in [6, 6.07) is 0. The predicted octanol–water partition coefficient (Wildman–Crippen LogP) is 3.22. The number of allylic oxidation sites excluding steroid dienone is 1. The van der Waals surface area contributed by atoms with Gasteiger partial charge in [-0.25, -0.2) is 0 Å². The lowest BCUT2D eigenvalue weighted by molar-refractivity contribution is -0.184. The van der Waals surface area contributed by atoms with Crippen molar-refractivity contribution in [2.45, 2.75) is 97.2 Å². The Morgan fingerprint density at radius 1 is 1.11 bits per heavy atom. The third-order valence-electron chi connectivity index (χ3n) is 10.1. The number of Topliss-reactive ketones (excluding diaryl/α,β-unsaturated/α-hetero) is 1. The van der Waals surface area contributed by atoms with Gasteiger partial charge in [-0.15, -0.1) is 0 Å². The standard InChI is InChI=1S/C28H40O8/c1-25(2,13-22(32)33)14-23(34)36-15-21(31)28(35)10-8-19-18-6-5-16-11-17(29)7-9-26(16,3)24(18)20(30)12-27(19,28)4/h11,18-20,24,30,35H,5-10,12-15H2,1-4H3,(H,32,33)/t18-,19-,20-,24+,26-,27-,28-/m0/s1. The molecule has 0 aromatic heterocycles. The molecule has 8 heteroatoms. The molecule has 0 saturated heterocycles. The molecule has 0 aromatic carbocycles. The molecule has 4 rings (SSSR count). The average molecular weight is 505 g/mol. The molecule has 3 fully saturated rings. The minimum absolute atomic E-state index is 0.0181. The Kier molecular flexibility index (Phi) is 6.78. The lowest BCUT2D eigenvalue weighted by atomic mass is 9.45. The van der Waals surface area contributed by atoms with Crippen LogP contribution in [0.1, 0.15) is 85.5 Å². The van der Waals surface area contributed by atoms with Gasteiger partial charge in [0.2, 0.25) is 5.78 Å². The van der Waals surface area contributed by atoms with Crippen molar-refractivity contribution >= 4 is 23.5 Å². The summed E-state index contributed by atoms with van der Waals surface area (Å²) >= 11 is 0. The third kappa shape index (κ3) is 4.34. The Morgan fingerprint density at radius 2 is 1.81 bits per heavy atom. The molecule has 0 unspecified atom stereocenters. The van der Waals surface area contributed by atoms with Crippen LogP contribution in [0.25, 0.3) is 0 Å². The van der Waals surface area contributed by atoms with Gasteiger partial charge in [-0.2, -0.15) is 0 Å². The summed E-state index contributed by atoms with van der Waals surface area (Å²) < 4.78 is 5.21. The summed E-state index contributed by atoms with van der Waals surface area (Å²) in [5, 5.41) is 32.2. The fourth-order valence-corrected chi connectivity index (χ4v) is 8.33. The zero-order chi connectivity index (χ0) is 26.7. The number of carbonyl (C=O) groups is 4. The van der Waals surface area contributed by atoms with Crippen molar-refractivity contribution in [2.24, 2.45) is 34.0 Å². The maximum atomic E-state index is 13.3. The van der Waals surface area contributed by atoms with Crippen molar-refractivity contribution in [1.82, 2.24) is 0 Å². The van der Waals surface area contributed by atoms with Crippen LogP contribution in [-0.2, 0) is 23.9 Å². The number of hydrogen-bond donors (Lipinski definition) is 3. The van der Waals surface area contributed by atoms with E-state index in [0.717, 1.165) is 24.8 Å². The van der Waals surface area contributed by atoms with Crippen LogP contribution in [0.2, 0.25) is 0 Å². The number of carbonyl (C=O) groups excluding carboxylic acids is 3. The number of aliphatic hydroxyl groups excluding tert-OH is 1. The molecule has 0 aromatic rings. The minimum atomic E-state index is -1.71. The second-order valence-corrected chi connectivity index (χ2v) is 13.0. The van der Waals surface area contributed by atoms with Gasteiger partial charge in [0, 0.05) is 11.8 Å². The molecular formula is C28H40O8. The molecule has 3 saturated carbocycles. The summed E-state index contributed by atoms with van der Waals surface area (Å²) in [6.07, 6.45) is 4.70. The molecule has 0 bridgehead atoms. The molecule has 7 atom stereocenters. The molecule has 3 N–H and O–H groups in total. The Hall–Kier alpha value is -2.06. The van der Waals surface area contributed by atoms with Crippen LogP contribution in [-0.4, -0.2) is 57.1 Å². The summed E-state index contributed by atoms with van der Waals surface area (Å²) in [5.41, 5.74) is -2.49. The van der Waals surface area contributed by atoms with E-state index in [0.29, 0.717) is 12.8 Å². The molecule has 0 spiro atoms. The van der Waals surface area contributed by atoms with E-state index in [1.54, 1.807) is 19.9 Å². The van der Waals surface area contributed by atoms with Gasteiger partial charge in [0.25, 0.3) is 0 Å². The highest BCUT2D eigenvalue weighted by atomic mass is 16.5. The van der Waals surface area contributed by atoms with Crippen molar-refractivity contribution < 1.29 is 39.2 Å². The Labute approximate surface area is 212 Å². The second-order valence-electron chi connectivity index (χ2n) is 13.0. The number of rotatable bonds is 7. The minimum Gasteiger partial charge on any atom is -0.481 e. The topological polar surface area (TPSA) is 138 Å². The zero-order valence-electron chi connectivity index (χ0n) is 21.8. The number of ether oxygens (including phenoxy) is 1. The smallest absolute Gasteiger partial charge is 0.306 e. The molecule has 36 heavy (non-hydrogen) atoms. The van der Waals surface area contributed by atoms with E-state index in [-0.39, 0.29) is 54.6 Å². The van der Waals surface area contributed by atoms with Gasteiger partial charge in [-0.1, -0.05) is 33.3 Å². The fraction of sp³-hybridized carbons (Fsp3) is 0.786. The lowest BCUT2D eigenvalue weighted by Crippen LogP contribution is -2.62. The third-order valence-corrected chi connectivity index (χ3v) is 10.1. The average Bonchev–Trinajstić information content (AvgIpc) is 3.02. The first-order valence-corrected chi connectivity index (χ1v) is 13.2. The molecule has 0 aliphatic heterocycles. The Balaban J connectivity index is 1.49. The van der Waals surface area contributed by atoms with Gasteiger partial charge in [0.15, 0.2) is 12.4 Å². The van der Waals surface area contributed by atoms with Gasteiger partial charge in [-0.05, 0) is 73.2 Å². The number of aliphatic hydroxyl groups is 2. The largest absolute Gasteiger partial charge is 0.481 e.